The van der Waals surface area contributed by atoms with E-state index in [0.717, 1.165) is 10.4 Å². The Morgan fingerprint density at radius 1 is 0.913 bits per heavy atom. The van der Waals surface area contributed by atoms with Crippen molar-refractivity contribution in [2.45, 2.75) is 32.2 Å². The minimum Gasteiger partial charge on any atom is -0.533 e. The highest BCUT2D eigenvalue weighted by molar-refractivity contribution is 6.99. The molecule has 0 unspecified atom stereocenters. The Morgan fingerprint density at radius 3 is 1.61 bits per heavy atom. The van der Waals surface area contributed by atoms with Crippen molar-refractivity contribution >= 4 is 18.7 Å². The number of benzene rings is 2. The lowest BCUT2D eigenvalue weighted by Crippen LogP contribution is -2.66. The molecule has 0 spiro atoms. The maximum Gasteiger partial charge on any atom is 0.319 e. The van der Waals surface area contributed by atoms with Gasteiger partial charge in [-0.2, -0.15) is 0 Å². The van der Waals surface area contributed by atoms with Crippen molar-refractivity contribution < 1.29 is 13.2 Å². The van der Waals surface area contributed by atoms with E-state index in [1.807, 2.05) is 81.4 Å². The van der Waals surface area contributed by atoms with E-state index in [-0.39, 0.29) is 5.04 Å². The van der Waals surface area contributed by atoms with Crippen LogP contribution in [0.5, 0.6) is 0 Å². The predicted octanol–water partition coefficient (Wildman–Crippen LogP) is 4.34. The highest BCUT2D eigenvalue weighted by Crippen LogP contribution is 2.38. The van der Waals surface area contributed by atoms with Gasteiger partial charge < -0.3 is 4.43 Å². The third-order valence-corrected chi connectivity index (χ3v) is 8.92. The second kappa shape index (κ2) is 6.67. The third-order valence-electron chi connectivity index (χ3n) is 3.94. The molecule has 4 heteroatoms. The number of rotatable bonds is 5. The highest BCUT2D eigenvalue weighted by Gasteiger charge is 2.52. The van der Waals surface area contributed by atoms with Gasteiger partial charge in [0.05, 0.1) is 0 Å². The Labute approximate surface area is 137 Å². The van der Waals surface area contributed by atoms with Gasteiger partial charge in [-0.15, -0.1) is 0 Å². The lowest BCUT2D eigenvalue weighted by atomic mass is 10.2. The smallest absolute Gasteiger partial charge is 0.319 e. The van der Waals surface area contributed by atoms with Crippen LogP contribution in [-0.2, 0) is 4.43 Å². The summed E-state index contributed by atoms with van der Waals surface area (Å²) in [5, 5.41) is 1.58. The summed E-state index contributed by atoms with van der Waals surface area (Å²) >= 11 is 0. The molecule has 0 saturated heterocycles. The van der Waals surface area contributed by atoms with Crippen molar-refractivity contribution in [3.05, 3.63) is 73.0 Å². The molecule has 0 saturated carbocycles. The summed E-state index contributed by atoms with van der Waals surface area (Å²) in [6.45, 7) is 9.59. The molecular weight excluding hydrogens is 310 g/mol. The van der Waals surface area contributed by atoms with Gasteiger partial charge in [0.15, 0.2) is 0 Å². The van der Waals surface area contributed by atoms with E-state index in [4.69, 9.17) is 4.43 Å². The van der Waals surface area contributed by atoms with E-state index in [1.54, 1.807) is 0 Å². The minimum absolute atomic E-state index is 0.340. The highest BCUT2D eigenvalue weighted by atomic mass is 28.4. The quantitative estimate of drug-likeness (QED) is 0.584. The molecule has 0 fully saturated rings. The molecule has 2 aromatic carbocycles. The molecule has 2 aromatic rings. The summed E-state index contributed by atoms with van der Waals surface area (Å²) in [6.07, 6.45) is -2.70. The summed E-state index contributed by atoms with van der Waals surface area (Å²) < 4.78 is 32.4. The lowest BCUT2D eigenvalue weighted by molar-refractivity contribution is 0.135. The number of alkyl halides is 2. The molecule has 122 valence electrons. The zero-order chi connectivity index (χ0) is 17.1. The van der Waals surface area contributed by atoms with Crippen molar-refractivity contribution in [1.82, 2.24) is 0 Å². The van der Waals surface area contributed by atoms with E-state index in [2.05, 4.69) is 6.58 Å². The van der Waals surface area contributed by atoms with Crippen LogP contribution in [0.4, 0.5) is 8.78 Å². The van der Waals surface area contributed by atoms with Crippen LogP contribution in [0.15, 0.2) is 73.0 Å². The van der Waals surface area contributed by atoms with E-state index in [1.165, 1.54) is 0 Å². The SMILES string of the molecule is C=C(O[Si](c1ccccc1)(c1ccccc1)C(C)(C)C)C(F)F. The van der Waals surface area contributed by atoms with Gasteiger partial charge in [-0.05, 0) is 15.4 Å². The van der Waals surface area contributed by atoms with Gasteiger partial charge in [0.25, 0.3) is 6.43 Å². The largest absolute Gasteiger partial charge is 0.533 e. The van der Waals surface area contributed by atoms with Crippen LogP contribution in [0.25, 0.3) is 0 Å². The first kappa shape index (κ1) is 17.4. The van der Waals surface area contributed by atoms with Gasteiger partial charge in [-0.1, -0.05) is 88.0 Å². The molecule has 0 heterocycles. The first-order valence-electron chi connectivity index (χ1n) is 7.56. The van der Waals surface area contributed by atoms with Crippen molar-refractivity contribution in [3.63, 3.8) is 0 Å². The van der Waals surface area contributed by atoms with Crippen LogP contribution >= 0.6 is 0 Å². The van der Waals surface area contributed by atoms with Crippen LogP contribution in [0, 0.1) is 0 Å². The summed E-state index contributed by atoms with van der Waals surface area (Å²) in [5.74, 6) is -0.459. The average molecular weight is 332 g/mol. The fourth-order valence-electron chi connectivity index (χ4n) is 2.89. The molecule has 0 radical (unpaired) electrons. The first-order chi connectivity index (χ1) is 10.8. The molecule has 0 N–H and O–H groups in total. The standard InChI is InChI=1S/C19H22F2OSi/c1-15(18(20)21)22-23(19(2,3)4,16-11-7-5-8-12-16)17-13-9-6-10-14-17/h5-14,18H,1H2,2-4H3. The molecular formula is C19H22F2OSi. The Bertz CT molecular complexity index is 609. The molecule has 0 aliphatic carbocycles. The van der Waals surface area contributed by atoms with Crippen molar-refractivity contribution in [3.8, 4) is 0 Å². The average Bonchev–Trinajstić information content (AvgIpc) is 2.52. The van der Waals surface area contributed by atoms with E-state index < -0.39 is 20.5 Å². The van der Waals surface area contributed by atoms with Crippen LogP contribution in [0.3, 0.4) is 0 Å². The first-order valence-corrected chi connectivity index (χ1v) is 9.47. The summed E-state index contributed by atoms with van der Waals surface area (Å²) in [7, 11) is -2.95. The fraction of sp³-hybridized carbons (Fsp3) is 0.263. The maximum atomic E-state index is 13.2. The van der Waals surface area contributed by atoms with Crippen LogP contribution in [0.1, 0.15) is 20.8 Å². The second-order valence-corrected chi connectivity index (χ2v) is 10.8. The number of allylic oxidation sites excluding steroid dienone is 1. The van der Waals surface area contributed by atoms with Crippen molar-refractivity contribution in [2.24, 2.45) is 0 Å². The number of halogens is 2. The van der Waals surface area contributed by atoms with Gasteiger partial charge in [0, 0.05) is 0 Å². The van der Waals surface area contributed by atoms with Crippen LogP contribution in [0.2, 0.25) is 5.04 Å². The van der Waals surface area contributed by atoms with Crippen LogP contribution < -0.4 is 10.4 Å². The van der Waals surface area contributed by atoms with Gasteiger partial charge in [0.1, 0.15) is 5.76 Å². The Hall–Kier alpha value is -1.94. The Kier molecular flexibility index (Phi) is 5.05. The molecule has 2 rings (SSSR count). The third kappa shape index (κ3) is 3.37. The van der Waals surface area contributed by atoms with Crippen LogP contribution in [-0.4, -0.2) is 14.7 Å². The van der Waals surface area contributed by atoms with Crippen molar-refractivity contribution in [1.29, 1.82) is 0 Å². The van der Waals surface area contributed by atoms with Crippen molar-refractivity contribution in [2.75, 3.05) is 0 Å². The molecule has 23 heavy (non-hydrogen) atoms. The Balaban J connectivity index is 2.72. The molecule has 0 atom stereocenters. The number of hydrogen-bond donors (Lipinski definition) is 0. The monoisotopic (exact) mass is 332 g/mol. The normalized spacial score (nSPS) is 12.3. The molecule has 0 aliphatic heterocycles. The molecule has 1 nitrogen and oxygen atoms in total. The van der Waals surface area contributed by atoms with E-state index in [0.29, 0.717) is 0 Å². The number of hydrogen-bond acceptors (Lipinski definition) is 1. The predicted molar refractivity (Wildman–Crippen MR) is 93.9 cm³/mol. The zero-order valence-electron chi connectivity index (χ0n) is 13.7. The fourth-order valence-corrected chi connectivity index (χ4v) is 7.30. The maximum absolute atomic E-state index is 13.2. The lowest BCUT2D eigenvalue weighted by Gasteiger charge is -2.43. The summed E-state index contributed by atoms with van der Waals surface area (Å²) in [4.78, 5) is 0. The molecule has 0 aromatic heterocycles. The zero-order valence-corrected chi connectivity index (χ0v) is 14.7. The Morgan fingerprint density at radius 2 is 1.30 bits per heavy atom. The molecule has 0 amide bonds. The van der Waals surface area contributed by atoms with Gasteiger partial charge >= 0.3 is 8.32 Å². The van der Waals surface area contributed by atoms with Gasteiger partial charge in [0.2, 0.25) is 0 Å². The summed E-state index contributed by atoms with van der Waals surface area (Å²) in [5.41, 5.74) is 0. The molecule has 0 bridgehead atoms. The van der Waals surface area contributed by atoms with Gasteiger partial charge in [-0.25, -0.2) is 8.78 Å². The molecule has 0 aliphatic rings. The van der Waals surface area contributed by atoms with E-state index >= 15 is 0 Å². The minimum atomic E-state index is -2.95. The topological polar surface area (TPSA) is 9.23 Å². The van der Waals surface area contributed by atoms with E-state index in [9.17, 15) is 8.78 Å². The van der Waals surface area contributed by atoms with Gasteiger partial charge in [-0.3, -0.25) is 0 Å². The summed E-state index contributed by atoms with van der Waals surface area (Å²) in [6, 6.07) is 19.3. The second-order valence-electron chi connectivity index (χ2n) is 6.53.